The summed E-state index contributed by atoms with van der Waals surface area (Å²) in [5.41, 5.74) is 5.35. The summed E-state index contributed by atoms with van der Waals surface area (Å²) in [6.45, 7) is 2.06. The summed E-state index contributed by atoms with van der Waals surface area (Å²) in [5.74, 6) is 1.13. The maximum atomic E-state index is 12.6. The van der Waals surface area contributed by atoms with Gasteiger partial charge >= 0.3 is 6.09 Å². The molecule has 1 aromatic heterocycles. The van der Waals surface area contributed by atoms with Gasteiger partial charge in [-0.2, -0.15) is 5.26 Å². The molecule has 3 atom stereocenters. The van der Waals surface area contributed by atoms with Crippen LogP contribution in [0.15, 0.2) is 42.5 Å². The monoisotopic (exact) mass is 442 g/mol. The molecule has 1 amide bonds. The smallest absolute Gasteiger partial charge is 0.414 e. The summed E-state index contributed by atoms with van der Waals surface area (Å²) in [5, 5.41) is 9.59. The Bertz CT molecular complexity index is 1210. The van der Waals surface area contributed by atoms with Crippen LogP contribution < -0.4 is 4.90 Å². The minimum atomic E-state index is -0.323. The summed E-state index contributed by atoms with van der Waals surface area (Å²) in [6, 6.07) is 17.5. The maximum Gasteiger partial charge on any atom is 0.414 e. The summed E-state index contributed by atoms with van der Waals surface area (Å²) in [7, 11) is 1.43. The Hall–Kier alpha value is -3.33. The number of carbonyl (C=O) groups excluding carboxylic acids is 1. The molecule has 1 aliphatic carbocycles. The molecular formula is C27H30N4O2. The first-order valence-corrected chi connectivity index (χ1v) is 11.9. The van der Waals surface area contributed by atoms with E-state index in [2.05, 4.69) is 54.0 Å². The SMILES string of the molecule is COC(=O)N1c2ccc3c(nc(Cc4ccccc4)n3C3CCCC(C#N)C3)c2CC[C@@H]1C. The molecule has 2 unspecified atom stereocenters. The minimum Gasteiger partial charge on any atom is -0.452 e. The van der Waals surface area contributed by atoms with Gasteiger partial charge in [0.15, 0.2) is 0 Å². The van der Waals surface area contributed by atoms with E-state index >= 15 is 0 Å². The fourth-order valence-electron chi connectivity index (χ4n) is 5.65. The van der Waals surface area contributed by atoms with Gasteiger partial charge in [0, 0.05) is 30.0 Å². The molecule has 1 aliphatic heterocycles. The van der Waals surface area contributed by atoms with Gasteiger partial charge in [-0.3, -0.25) is 4.90 Å². The van der Waals surface area contributed by atoms with Crippen LogP contribution >= 0.6 is 0 Å². The average Bonchev–Trinajstić information content (AvgIpc) is 3.22. The van der Waals surface area contributed by atoms with Gasteiger partial charge in [0.25, 0.3) is 0 Å². The quantitative estimate of drug-likeness (QED) is 0.515. The number of fused-ring (bicyclic) bond motifs is 3. The maximum absolute atomic E-state index is 12.6. The third-order valence-electron chi connectivity index (χ3n) is 7.30. The van der Waals surface area contributed by atoms with Crippen LogP contribution in [0.25, 0.3) is 11.0 Å². The van der Waals surface area contributed by atoms with Crippen LogP contribution in [0, 0.1) is 17.2 Å². The van der Waals surface area contributed by atoms with Crippen LogP contribution in [0.1, 0.15) is 62.0 Å². The highest BCUT2D eigenvalue weighted by atomic mass is 16.5. The van der Waals surface area contributed by atoms with Gasteiger partial charge in [-0.1, -0.05) is 36.8 Å². The highest BCUT2D eigenvalue weighted by molar-refractivity contribution is 5.95. The molecule has 6 nitrogen and oxygen atoms in total. The molecular weight excluding hydrogens is 412 g/mol. The van der Waals surface area contributed by atoms with Gasteiger partial charge in [0.05, 0.1) is 29.9 Å². The number of hydrogen-bond donors (Lipinski definition) is 0. The van der Waals surface area contributed by atoms with Crippen molar-refractivity contribution < 1.29 is 9.53 Å². The first-order valence-electron chi connectivity index (χ1n) is 11.9. The van der Waals surface area contributed by atoms with Crippen molar-refractivity contribution >= 4 is 22.8 Å². The van der Waals surface area contributed by atoms with E-state index in [9.17, 15) is 10.1 Å². The number of anilines is 1. The van der Waals surface area contributed by atoms with Crippen LogP contribution in [0.4, 0.5) is 10.5 Å². The van der Waals surface area contributed by atoms with Crippen molar-refractivity contribution in [3.05, 3.63) is 59.4 Å². The van der Waals surface area contributed by atoms with Crippen molar-refractivity contribution in [2.45, 2.75) is 64.0 Å². The van der Waals surface area contributed by atoms with E-state index in [1.807, 2.05) is 6.07 Å². The van der Waals surface area contributed by atoms with Gasteiger partial charge in [0.1, 0.15) is 5.82 Å². The molecule has 1 fully saturated rings. The number of carbonyl (C=O) groups is 1. The van der Waals surface area contributed by atoms with Gasteiger partial charge in [-0.15, -0.1) is 0 Å². The number of aromatic nitrogens is 2. The molecule has 33 heavy (non-hydrogen) atoms. The van der Waals surface area contributed by atoms with Crippen LogP contribution in [0.3, 0.4) is 0 Å². The lowest BCUT2D eigenvalue weighted by molar-refractivity contribution is 0.175. The molecule has 2 heterocycles. The average molecular weight is 443 g/mol. The lowest BCUT2D eigenvalue weighted by Gasteiger charge is -2.34. The Kier molecular flexibility index (Phi) is 5.80. The van der Waals surface area contributed by atoms with Crippen molar-refractivity contribution in [1.82, 2.24) is 9.55 Å². The lowest BCUT2D eigenvalue weighted by Crippen LogP contribution is -2.42. The zero-order valence-electron chi connectivity index (χ0n) is 19.3. The molecule has 2 aromatic carbocycles. The van der Waals surface area contributed by atoms with Crippen LogP contribution in [0.5, 0.6) is 0 Å². The molecule has 1 saturated carbocycles. The van der Waals surface area contributed by atoms with Gasteiger partial charge in [-0.05, 0) is 56.7 Å². The van der Waals surface area contributed by atoms with E-state index in [0.717, 1.165) is 73.1 Å². The zero-order chi connectivity index (χ0) is 22.9. The molecule has 3 aromatic rings. The Morgan fingerprint density at radius 2 is 2.00 bits per heavy atom. The third-order valence-corrected chi connectivity index (χ3v) is 7.30. The van der Waals surface area contributed by atoms with Crippen LogP contribution in [-0.4, -0.2) is 28.8 Å². The zero-order valence-corrected chi connectivity index (χ0v) is 19.3. The van der Waals surface area contributed by atoms with E-state index in [0.29, 0.717) is 0 Å². The number of ether oxygens (including phenoxy) is 1. The fourth-order valence-corrected chi connectivity index (χ4v) is 5.65. The van der Waals surface area contributed by atoms with Crippen LogP contribution in [-0.2, 0) is 17.6 Å². The molecule has 0 N–H and O–H groups in total. The molecule has 5 rings (SSSR count). The summed E-state index contributed by atoms with van der Waals surface area (Å²) >= 11 is 0. The van der Waals surface area contributed by atoms with Gasteiger partial charge in [-0.25, -0.2) is 9.78 Å². The summed E-state index contributed by atoms with van der Waals surface area (Å²) in [6.07, 6.45) is 6.16. The van der Waals surface area contributed by atoms with Gasteiger partial charge in [0.2, 0.25) is 0 Å². The Balaban J connectivity index is 1.66. The van der Waals surface area contributed by atoms with E-state index in [1.54, 1.807) is 4.90 Å². The van der Waals surface area contributed by atoms with Crippen LogP contribution in [0.2, 0.25) is 0 Å². The first kappa shape index (κ1) is 21.5. The second-order valence-electron chi connectivity index (χ2n) is 9.37. The number of rotatable bonds is 3. The molecule has 0 saturated heterocycles. The van der Waals surface area contributed by atoms with Gasteiger partial charge < -0.3 is 9.30 Å². The number of amides is 1. The number of benzene rings is 2. The van der Waals surface area contributed by atoms with E-state index in [-0.39, 0.29) is 24.1 Å². The summed E-state index contributed by atoms with van der Waals surface area (Å²) in [4.78, 5) is 19.5. The molecule has 6 heteroatoms. The van der Waals surface area contributed by atoms with E-state index < -0.39 is 0 Å². The number of nitriles is 1. The largest absolute Gasteiger partial charge is 0.452 e. The standard InChI is InChI=1S/C27H30N4O2/c1-18-11-12-22-23(30(18)27(32)33-2)13-14-24-26(22)29-25(16-19-7-4-3-5-8-19)31(24)21-10-6-9-20(15-21)17-28/h3-5,7-8,13-14,18,20-21H,6,9-12,15-16H2,1-2H3/t18-,20?,21?/m0/s1. The number of methoxy groups -OCH3 is 1. The second kappa shape index (κ2) is 8.90. The highest BCUT2D eigenvalue weighted by Crippen LogP contribution is 2.40. The highest BCUT2D eigenvalue weighted by Gasteiger charge is 2.33. The summed E-state index contributed by atoms with van der Waals surface area (Å²) < 4.78 is 7.48. The van der Waals surface area contributed by atoms with E-state index in [1.165, 1.54) is 12.7 Å². The molecule has 0 bridgehead atoms. The predicted molar refractivity (Wildman–Crippen MR) is 128 cm³/mol. The first-order chi connectivity index (χ1) is 16.1. The van der Waals surface area contributed by atoms with Crippen molar-refractivity contribution in [3.8, 4) is 6.07 Å². The van der Waals surface area contributed by atoms with Crippen molar-refractivity contribution in [3.63, 3.8) is 0 Å². The number of imidazole rings is 1. The Morgan fingerprint density at radius 1 is 1.18 bits per heavy atom. The normalized spacial score (nSPS) is 22.6. The number of aryl methyl sites for hydroxylation is 1. The Morgan fingerprint density at radius 3 is 2.76 bits per heavy atom. The topological polar surface area (TPSA) is 71.2 Å². The fraction of sp³-hybridized carbons (Fsp3) is 0.444. The lowest BCUT2D eigenvalue weighted by atomic mass is 9.86. The molecule has 0 radical (unpaired) electrons. The number of nitrogens with zero attached hydrogens (tertiary/aromatic N) is 4. The third kappa shape index (κ3) is 3.86. The molecule has 2 aliphatic rings. The molecule has 0 spiro atoms. The van der Waals surface area contributed by atoms with Crippen molar-refractivity contribution in [2.75, 3.05) is 12.0 Å². The Labute approximate surface area is 194 Å². The molecule has 170 valence electrons. The predicted octanol–water partition coefficient (Wildman–Crippen LogP) is 5.79. The number of hydrogen-bond acceptors (Lipinski definition) is 4. The minimum absolute atomic E-state index is 0.0861. The van der Waals surface area contributed by atoms with Crippen molar-refractivity contribution in [2.24, 2.45) is 5.92 Å². The second-order valence-corrected chi connectivity index (χ2v) is 9.37. The van der Waals surface area contributed by atoms with Crippen molar-refractivity contribution in [1.29, 1.82) is 5.26 Å². The van der Waals surface area contributed by atoms with E-state index in [4.69, 9.17) is 9.72 Å².